The maximum Gasteiger partial charge on any atom is 0.329 e. The molecule has 0 aliphatic carbocycles. The maximum atomic E-state index is 12.2. The van der Waals surface area contributed by atoms with Crippen molar-refractivity contribution >= 4 is 17.3 Å². The molecular formula is C14H23N3O2S. The minimum absolute atomic E-state index is 0.00698. The Kier molecular flexibility index (Phi) is 4.78. The lowest BCUT2D eigenvalue weighted by Gasteiger charge is -2.32. The van der Waals surface area contributed by atoms with Gasteiger partial charge in [0.2, 0.25) is 0 Å². The van der Waals surface area contributed by atoms with E-state index in [1.54, 1.807) is 11.3 Å². The van der Waals surface area contributed by atoms with Crippen molar-refractivity contribution in [3.8, 4) is 0 Å². The molecule has 1 saturated heterocycles. The van der Waals surface area contributed by atoms with Crippen LogP contribution in [0.3, 0.4) is 0 Å². The van der Waals surface area contributed by atoms with E-state index in [9.17, 15) is 4.79 Å². The smallest absolute Gasteiger partial charge is 0.329 e. The van der Waals surface area contributed by atoms with Gasteiger partial charge in [-0.15, -0.1) is 11.3 Å². The molecular weight excluding hydrogens is 274 g/mol. The van der Waals surface area contributed by atoms with Crippen molar-refractivity contribution in [3.05, 3.63) is 16.1 Å². The van der Waals surface area contributed by atoms with Gasteiger partial charge < -0.3 is 10.1 Å². The highest BCUT2D eigenvalue weighted by Gasteiger charge is 2.32. The van der Waals surface area contributed by atoms with E-state index in [1.165, 1.54) is 7.11 Å². The summed E-state index contributed by atoms with van der Waals surface area (Å²) in [4.78, 5) is 19.0. The molecule has 0 aromatic carbocycles. The lowest BCUT2D eigenvalue weighted by atomic mass is 9.98. The van der Waals surface area contributed by atoms with Gasteiger partial charge in [-0.2, -0.15) is 0 Å². The summed E-state index contributed by atoms with van der Waals surface area (Å²) in [5.41, 5.74) is 0.821. The average molecular weight is 297 g/mol. The number of hydrogen-bond donors (Lipinski definition) is 1. The summed E-state index contributed by atoms with van der Waals surface area (Å²) >= 11 is 1.62. The van der Waals surface area contributed by atoms with Gasteiger partial charge in [0.25, 0.3) is 0 Å². The number of nitrogens with zero attached hydrogens (tertiary/aromatic N) is 2. The first-order valence-corrected chi connectivity index (χ1v) is 7.80. The van der Waals surface area contributed by atoms with Crippen LogP contribution >= 0.6 is 11.3 Å². The van der Waals surface area contributed by atoms with Gasteiger partial charge in [0.05, 0.1) is 17.8 Å². The fourth-order valence-corrected chi connectivity index (χ4v) is 3.19. The lowest BCUT2D eigenvalue weighted by Crippen LogP contribution is -2.47. The molecule has 1 unspecified atom stereocenters. The van der Waals surface area contributed by atoms with Crippen molar-refractivity contribution in [2.45, 2.75) is 32.2 Å². The van der Waals surface area contributed by atoms with Gasteiger partial charge in [-0.05, 0) is 0 Å². The van der Waals surface area contributed by atoms with Gasteiger partial charge >= 0.3 is 5.97 Å². The van der Waals surface area contributed by atoms with E-state index in [0.29, 0.717) is 0 Å². The second kappa shape index (κ2) is 6.20. The number of nitrogens with one attached hydrogen (secondary N) is 1. The molecule has 2 heterocycles. The third-order valence-corrected chi connectivity index (χ3v) is 4.67. The Labute approximate surface area is 124 Å². The summed E-state index contributed by atoms with van der Waals surface area (Å²) in [5.74, 6) is -0.224. The molecule has 0 spiro atoms. The van der Waals surface area contributed by atoms with Gasteiger partial charge in [-0.1, -0.05) is 20.8 Å². The normalized spacial score (nSPS) is 18.8. The molecule has 1 aliphatic heterocycles. The van der Waals surface area contributed by atoms with Crippen LogP contribution in [0.1, 0.15) is 37.5 Å². The number of piperazine rings is 1. The van der Waals surface area contributed by atoms with Crippen LogP contribution in [0.2, 0.25) is 0 Å². The monoisotopic (exact) mass is 297 g/mol. The summed E-state index contributed by atoms with van der Waals surface area (Å²) in [5, 5.41) is 6.34. The summed E-state index contributed by atoms with van der Waals surface area (Å²) in [6.07, 6.45) is 0. The maximum absolute atomic E-state index is 12.2. The van der Waals surface area contributed by atoms with Crippen molar-refractivity contribution in [2.24, 2.45) is 0 Å². The molecule has 0 radical (unpaired) electrons. The molecule has 1 aliphatic rings. The van der Waals surface area contributed by atoms with Crippen LogP contribution < -0.4 is 5.32 Å². The fourth-order valence-electron chi connectivity index (χ4n) is 2.27. The van der Waals surface area contributed by atoms with Crippen molar-refractivity contribution in [2.75, 3.05) is 33.3 Å². The molecule has 2 rings (SSSR count). The quantitative estimate of drug-likeness (QED) is 0.858. The Bertz CT molecular complexity index is 461. The molecule has 0 amide bonds. The largest absolute Gasteiger partial charge is 0.468 e. The number of esters is 1. The first-order valence-electron chi connectivity index (χ1n) is 6.92. The van der Waals surface area contributed by atoms with E-state index >= 15 is 0 Å². The van der Waals surface area contributed by atoms with Crippen molar-refractivity contribution in [1.82, 2.24) is 15.2 Å². The molecule has 20 heavy (non-hydrogen) atoms. The topological polar surface area (TPSA) is 54.5 Å². The highest BCUT2D eigenvalue weighted by Crippen LogP contribution is 2.30. The number of rotatable bonds is 3. The van der Waals surface area contributed by atoms with Crippen LogP contribution in [0.5, 0.6) is 0 Å². The zero-order chi connectivity index (χ0) is 14.8. The lowest BCUT2D eigenvalue weighted by molar-refractivity contribution is -0.147. The highest BCUT2D eigenvalue weighted by atomic mass is 32.1. The second-order valence-corrected chi connectivity index (χ2v) is 6.90. The Hall–Kier alpha value is -0.980. The Morgan fingerprint density at radius 2 is 2.10 bits per heavy atom. The number of carbonyl (C=O) groups is 1. The van der Waals surface area contributed by atoms with E-state index in [4.69, 9.17) is 4.74 Å². The zero-order valence-electron chi connectivity index (χ0n) is 12.6. The van der Waals surface area contributed by atoms with Crippen LogP contribution in [0.25, 0.3) is 0 Å². The number of methoxy groups -OCH3 is 1. The Morgan fingerprint density at radius 3 is 2.60 bits per heavy atom. The molecule has 6 heteroatoms. The second-order valence-electron chi connectivity index (χ2n) is 6.04. The van der Waals surface area contributed by atoms with E-state index in [0.717, 1.165) is 36.9 Å². The number of carbonyl (C=O) groups excluding carboxylic acids is 1. The Balaban J connectivity index is 2.26. The molecule has 0 saturated carbocycles. The summed E-state index contributed by atoms with van der Waals surface area (Å²) < 4.78 is 4.98. The highest BCUT2D eigenvalue weighted by molar-refractivity contribution is 7.09. The van der Waals surface area contributed by atoms with Crippen LogP contribution in [0.4, 0.5) is 0 Å². The summed E-state index contributed by atoms with van der Waals surface area (Å²) in [7, 11) is 1.44. The van der Waals surface area contributed by atoms with E-state index in [1.807, 2.05) is 5.38 Å². The average Bonchev–Trinajstić information content (AvgIpc) is 2.89. The van der Waals surface area contributed by atoms with Gasteiger partial charge in [0.1, 0.15) is 0 Å². The summed E-state index contributed by atoms with van der Waals surface area (Å²) in [6, 6.07) is -0.380. The number of hydrogen-bond acceptors (Lipinski definition) is 6. The fraction of sp³-hybridized carbons (Fsp3) is 0.714. The number of thiazole rings is 1. The molecule has 5 nitrogen and oxygen atoms in total. The summed E-state index contributed by atoms with van der Waals surface area (Å²) in [6.45, 7) is 9.85. The molecule has 1 atom stereocenters. The standard InChI is InChI=1S/C14H23N3O2S/c1-14(2,3)13-16-10(9-20-13)11(12(18)19-4)17-7-5-15-6-8-17/h9,11,15H,5-8H2,1-4H3. The molecule has 112 valence electrons. The van der Waals surface area contributed by atoms with Crippen LogP contribution in [0, 0.1) is 0 Å². The Morgan fingerprint density at radius 1 is 1.45 bits per heavy atom. The predicted molar refractivity (Wildman–Crippen MR) is 80.0 cm³/mol. The molecule has 0 bridgehead atoms. The first-order chi connectivity index (χ1) is 9.43. The molecule has 1 aromatic heterocycles. The minimum Gasteiger partial charge on any atom is -0.468 e. The molecule has 1 N–H and O–H groups in total. The zero-order valence-corrected chi connectivity index (χ0v) is 13.4. The van der Waals surface area contributed by atoms with E-state index in [2.05, 4.69) is 36.0 Å². The minimum atomic E-state index is -0.380. The number of aromatic nitrogens is 1. The molecule has 1 fully saturated rings. The SMILES string of the molecule is COC(=O)C(c1csc(C(C)(C)C)n1)N1CCNCC1. The first kappa shape index (κ1) is 15.4. The number of ether oxygens (including phenoxy) is 1. The van der Waals surface area contributed by atoms with Gasteiger partial charge in [0, 0.05) is 37.0 Å². The van der Waals surface area contributed by atoms with Crippen molar-refractivity contribution in [3.63, 3.8) is 0 Å². The van der Waals surface area contributed by atoms with Crippen LogP contribution in [0.15, 0.2) is 5.38 Å². The van der Waals surface area contributed by atoms with Gasteiger partial charge in [-0.3, -0.25) is 4.90 Å². The van der Waals surface area contributed by atoms with Gasteiger partial charge in [-0.25, -0.2) is 9.78 Å². The molecule has 1 aromatic rings. The van der Waals surface area contributed by atoms with Crippen LogP contribution in [-0.2, 0) is 14.9 Å². The van der Waals surface area contributed by atoms with Crippen LogP contribution in [-0.4, -0.2) is 49.1 Å². The third-order valence-electron chi connectivity index (χ3n) is 3.38. The van der Waals surface area contributed by atoms with Crippen molar-refractivity contribution < 1.29 is 9.53 Å². The van der Waals surface area contributed by atoms with Crippen molar-refractivity contribution in [1.29, 1.82) is 0 Å². The predicted octanol–water partition coefficient (Wildman–Crippen LogP) is 1.56. The van der Waals surface area contributed by atoms with E-state index in [-0.39, 0.29) is 17.4 Å². The van der Waals surface area contributed by atoms with Gasteiger partial charge in [0.15, 0.2) is 6.04 Å². The van der Waals surface area contributed by atoms with E-state index < -0.39 is 0 Å². The third kappa shape index (κ3) is 3.37.